The molecule has 114 valence electrons. The van der Waals surface area contributed by atoms with E-state index in [0.29, 0.717) is 19.5 Å². The molecule has 1 rings (SSSR count). The Kier molecular flexibility index (Phi) is 6.27. The summed E-state index contributed by atoms with van der Waals surface area (Å²) in [6.07, 6.45) is 2.11. The topological polar surface area (TPSA) is 98.7 Å². The molecule has 1 aliphatic heterocycles. The maximum atomic E-state index is 12.1. The standard InChI is InChI=1S/C13H23N3O4/c1-3-4-10(7-12(18)19)15-13(20)16-6-5-11(8-16)14-9(2)17/h10-11H,3-8H2,1-2H3,(H,14,17)(H,15,20)(H,18,19). The Morgan fingerprint density at radius 2 is 2.10 bits per heavy atom. The van der Waals surface area contributed by atoms with Crippen LogP contribution in [-0.4, -0.2) is 53.1 Å². The van der Waals surface area contributed by atoms with Crippen LogP contribution in [0.3, 0.4) is 0 Å². The summed E-state index contributed by atoms with van der Waals surface area (Å²) >= 11 is 0. The zero-order valence-electron chi connectivity index (χ0n) is 12.0. The van der Waals surface area contributed by atoms with Crippen LogP contribution in [0.1, 0.15) is 39.5 Å². The van der Waals surface area contributed by atoms with Gasteiger partial charge in [-0.3, -0.25) is 9.59 Å². The van der Waals surface area contributed by atoms with Gasteiger partial charge in [-0.05, 0) is 12.8 Å². The number of amides is 3. The maximum Gasteiger partial charge on any atom is 0.317 e. The third kappa shape index (κ3) is 5.46. The van der Waals surface area contributed by atoms with Crippen LogP contribution in [0.25, 0.3) is 0 Å². The zero-order chi connectivity index (χ0) is 15.1. The SMILES string of the molecule is CCCC(CC(=O)O)NC(=O)N1CCC(NC(C)=O)C1. The van der Waals surface area contributed by atoms with E-state index in [9.17, 15) is 14.4 Å². The van der Waals surface area contributed by atoms with E-state index in [1.165, 1.54) is 6.92 Å². The second-order valence-electron chi connectivity index (χ2n) is 5.17. The molecular weight excluding hydrogens is 262 g/mol. The van der Waals surface area contributed by atoms with Crippen LogP contribution in [0.2, 0.25) is 0 Å². The number of hydrogen-bond donors (Lipinski definition) is 3. The molecule has 7 heteroatoms. The van der Waals surface area contributed by atoms with Crippen molar-refractivity contribution in [2.75, 3.05) is 13.1 Å². The molecule has 0 radical (unpaired) electrons. The van der Waals surface area contributed by atoms with Gasteiger partial charge in [0, 0.05) is 32.1 Å². The lowest BCUT2D eigenvalue weighted by Crippen LogP contribution is -2.46. The molecule has 1 aliphatic rings. The monoisotopic (exact) mass is 285 g/mol. The summed E-state index contributed by atoms with van der Waals surface area (Å²) in [5.74, 6) is -1.02. The average Bonchev–Trinajstić information content (AvgIpc) is 2.76. The summed E-state index contributed by atoms with van der Waals surface area (Å²) in [7, 11) is 0. The average molecular weight is 285 g/mol. The number of likely N-dealkylation sites (tertiary alicyclic amines) is 1. The highest BCUT2D eigenvalue weighted by molar-refractivity contribution is 5.77. The number of urea groups is 1. The quantitative estimate of drug-likeness (QED) is 0.663. The van der Waals surface area contributed by atoms with Gasteiger partial charge in [-0.25, -0.2) is 4.79 Å². The predicted octanol–water partition coefficient (Wildman–Crippen LogP) is 0.550. The van der Waals surface area contributed by atoms with E-state index in [-0.39, 0.29) is 30.4 Å². The first-order valence-corrected chi connectivity index (χ1v) is 6.96. The van der Waals surface area contributed by atoms with Crippen LogP contribution in [-0.2, 0) is 9.59 Å². The van der Waals surface area contributed by atoms with E-state index < -0.39 is 5.97 Å². The first kappa shape index (κ1) is 16.3. The zero-order valence-corrected chi connectivity index (χ0v) is 12.0. The van der Waals surface area contributed by atoms with Crippen LogP contribution in [0.4, 0.5) is 4.79 Å². The second-order valence-corrected chi connectivity index (χ2v) is 5.17. The molecule has 7 nitrogen and oxygen atoms in total. The molecular formula is C13H23N3O4. The van der Waals surface area contributed by atoms with Crippen molar-refractivity contribution in [1.82, 2.24) is 15.5 Å². The largest absolute Gasteiger partial charge is 0.481 e. The lowest BCUT2D eigenvalue weighted by molar-refractivity contribution is -0.137. The van der Waals surface area contributed by atoms with Crippen molar-refractivity contribution in [3.05, 3.63) is 0 Å². The molecule has 3 amide bonds. The lowest BCUT2D eigenvalue weighted by Gasteiger charge is -2.22. The summed E-state index contributed by atoms with van der Waals surface area (Å²) in [5, 5.41) is 14.4. The number of carbonyl (C=O) groups is 3. The number of hydrogen-bond acceptors (Lipinski definition) is 3. The summed E-state index contributed by atoms with van der Waals surface area (Å²) in [6.45, 7) is 4.44. The van der Waals surface area contributed by atoms with Crippen LogP contribution < -0.4 is 10.6 Å². The second kappa shape index (κ2) is 7.72. The van der Waals surface area contributed by atoms with Gasteiger partial charge in [-0.2, -0.15) is 0 Å². The number of carbonyl (C=O) groups excluding carboxylic acids is 2. The third-order valence-electron chi connectivity index (χ3n) is 3.27. The molecule has 1 fully saturated rings. The Balaban J connectivity index is 2.45. The molecule has 2 atom stereocenters. The normalized spacial score (nSPS) is 19.5. The molecule has 1 heterocycles. The van der Waals surface area contributed by atoms with Crippen LogP contribution >= 0.6 is 0 Å². The van der Waals surface area contributed by atoms with E-state index in [1.54, 1.807) is 4.90 Å². The summed E-state index contributed by atoms with van der Waals surface area (Å²) in [4.78, 5) is 35.4. The maximum absolute atomic E-state index is 12.1. The molecule has 0 saturated carbocycles. The molecule has 1 saturated heterocycles. The van der Waals surface area contributed by atoms with Crippen molar-refractivity contribution < 1.29 is 19.5 Å². The third-order valence-corrected chi connectivity index (χ3v) is 3.27. The van der Waals surface area contributed by atoms with Crippen LogP contribution in [0.15, 0.2) is 0 Å². The Bertz CT molecular complexity index is 373. The van der Waals surface area contributed by atoms with Crippen molar-refractivity contribution >= 4 is 17.9 Å². The van der Waals surface area contributed by atoms with E-state index in [1.807, 2.05) is 6.92 Å². The minimum atomic E-state index is -0.915. The number of nitrogens with one attached hydrogen (secondary N) is 2. The van der Waals surface area contributed by atoms with Crippen LogP contribution in [0, 0.1) is 0 Å². The molecule has 0 aromatic rings. The molecule has 2 unspecified atom stereocenters. The van der Waals surface area contributed by atoms with Gasteiger partial charge in [0.25, 0.3) is 0 Å². The van der Waals surface area contributed by atoms with Gasteiger partial charge in [-0.15, -0.1) is 0 Å². The first-order valence-electron chi connectivity index (χ1n) is 6.96. The lowest BCUT2D eigenvalue weighted by atomic mass is 10.1. The Morgan fingerprint density at radius 3 is 2.65 bits per heavy atom. The highest BCUT2D eigenvalue weighted by Gasteiger charge is 2.28. The molecule has 3 N–H and O–H groups in total. The first-order chi connectivity index (χ1) is 9.42. The number of nitrogens with zero attached hydrogens (tertiary/aromatic N) is 1. The summed E-state index contributed by atoms with van der Waals surface area (Å²) in [5.41, 5.74) is 0. The summed E-state index contributed by atoms with van der Waals surface area (Å²) < 4.78 is 0. The Morgan fingerprint density at radius 1 is 1.40 bits per heavy atom. The van der Waals surface area contributed by atoms with E-state index >= 15 is 0 Å². The smallest absolute Gasteiger partial charge is 0.317 e. The fourth-order valence-corrected chi connectivity index (χ4v) is 2.40. The van der Waals surface area contributed by atoms with Crippen molar-refractivity contribution in [2.45, 2.75) is 51.6 Å². The Labute approximate surface area is 118 Å². The van der Waals surface area contributed by atoms with Gasteiger partial charge >= 0.3 is 12.0 Å². The van der Waals surface area contributed by atoms with Crippen molar-refractivity contribution in [1.29, 1.82) is 0 Å². The highest BCUT2D eigenvalue weighted by atomic mass is 16.4. The minimum Gasteiger partial charge on any atom is -0.481 e. The number of rotatable bonds is 6. The number of aliphatic carboxylic acids is 1. The van der Waals surface area contributed by atoms with Crippen molar-refractivity contribution in [2.24, 2.45) is 0 Å². The van der Waals surface area contributed by atoms with Gasteiger partial charge < -0.3 is 20.6 Å². The van der Waals surface area contributed by atoms with Crippen LogP contribution in [0.5, 0.6) is 0 Å². The Hall–Kier alpha value is -1.79. The van der Waals surface area contributed by atoms with E-state index in [4.69, 9.17) is 5.11 Å². The predicted molar refractivity (Wildman–Crippen MR) is 73.3 cm³/mol. The molecule has 20 heavy (non-hydrogen) atoms. The molecule has 0 aromatic carbocycles. The highest BCUT2D eigenvalue weighted by Crippen LogP contribution is 2.10. The molecule has 0 spiro atoms. The van der Waals surface area contributed by atoms with Gasteiger partial charge in [0.1, 0.15) is 0 Å². The van der Waals surface area contributed by atoms with Gasteiger partial charge in [0.2, 0.25) is 5.91 Å². The van der Waals surface area contributed by atoms with E-state index in [2.05, 4.69) is 10.6 Å². The van der Waals surface area contributed by atoms with Gasteiger partial charge in [-0.1, -0.05) is 13.3 Å². The fourth-order valence-electron chi connectivity index (χ4n) is 2.40. The van der Waals surface area contributed by atoms with E-state index in [0.717, 1.165) is 12.8 Å². The minimum absolute atomic E-state index is 0.0117. The molecule has 0 bridgehead atoms. The van der Waals surface area contributed by atoms with Crippen molar-refractivity contribution in [3.8, 4) is 0 Å². The fraction of sp³-hybridized carbons (Fsp3) is 0.769. The summed E-state index contributed by atoms with van der Waals surface area (Å²) in [6, 6.07) is -0.607. The van der Waals surface area contributed by atoms with Gasteiger partial charge in [0.15, 0.2) is 0 Å². The number of carboxylic acid groups (broad SMARTS) is 1. The molecule has 0 aliphatic carbocycles. The molecule has 0 aromatic heterocycles. The van der Waals surface area contributed by atoms with Crippen molar-refractivity contribution in [3.63, 3.8) is 0 Å². The van der Waals surface area contributed by atoms with Gasteiger partial charge in [0.05, 0.1) is 6.42 Å². The number of carboxylic acids is 1.